The normalized spacial score (nSPS) is 11.2. The van der Waals surface area contributed by atoms with Crippen molar-refractivity contribution in [3.05, 3.63) is 279 Å². The molecule has 320 valence electrons. The number of fused-ring (bicyclic) bond motifs is 3. The highest BCUT2D eigenvalue weighted by Crippen LogP contribution is 2.41. The second-order valence-electron chi connectivity index (χ2n) is 17.3. The van der Waals surface area contributed by atoms with Crippen LogP contribution in [0.15, 0.2) is 279 Å². The smallest absolute Gasteiger partial charge is 0.0541 e. The van der Waals surface area contributed by atoms with E-state index in [-0.39, 0.29) is 0 Å². The lowest BCUT2D eigenvalue weighted by Gasteiger charge is -2.26. The maximum atomic E-state index is 2.41. The molecule has 0 aliphatic heterocycles. The Kier molecular flexibility index (Phi) is 10.6. The average molecular weight is 867 g/mol. The predicted molar refractivity (Wildman–Crippen MR) is 288 cm³/mol. The van der Waals surface area contributed by atoms with Gasteiger partial charge in [-0.15, -0.1) is 0 Å². The van der Waals surface area contributed by atoms with E-state index in [4.69, 9.17) is 0 Å². The minimum absolute atomic E-state index is 1.08. The molecule has 0 atom stereocenters. The summed E-state index contributed by atoms with van der Waals surface area (Å²) in [5, 5.41) is 2.51. The molecular weight excluding hydrogens is 821 g/mol. The zero-order valence-corrected chi connectivity index (χ0v) is 37.5. The Morgan fingerprint density at radius 2 is 0.559 bits per heavy atom. The maximum Gasteiger partial charge on any atom is 0.0541 e. The van der Waals surface area contributed by atoms with Gasteiger partial charge in [-0.05, 0) is 122 Å². The van der Waals surface area contributed by atoms with E-state index in [2.05, 4.69) is 289 Å². The molecule has 0 radical (unpaired) electrons. The topological polar surface area (TPSA) is 8.17 Å². The van der Waals surface area contributed by atoms with Gasteiger partial charge in [-0.2, -0.15) is 0 Å². The second-order valence-corrected chi connectivity index (χ2v) is 17.3. The molecule has 0 N–H and O–H groups in total. The summed E-state index contributed by atoms with van der Waals surface area (Å²) in [6.45, 7) is 0. The number of para-hydroxylation sites is 3. The van der Waals surface area contributed by atoms with Gasteiger partial charge in [0.15, 0.2) is 0 Å². The summed E-state index contributed by atoms with van der Waals surface area (Å²) in [6, 6.07) is 101. The number of nitrogens with zero attached hydrogens (tertiary/aromatic N) is 2. The van der Waals surface area contributed by atoms with E-state index < -0.39 is 0 Å². The number of rotatable bonds is 10. The first-order valence-corrected chi connectivity index (χ1v) is 23.3. The first kappa shape index (κ1) is 40.5. The van der Waals surface area contributed by atoms with Crippen molar-refractivity contribution in [1.82, 2.24) is 4.57 Å². The van der Waals surface area contributed by atoms with Crippen LogP contribution in [-0.4, -0.2) is 4.57 Å². The van der Waals surface area contributed by atoms with Gasteiger partial charge in [0.05, 0.1) is 16.7 Å². The summed E-state index contributed by atoms with van der Waals surface area (Å²) in [7, 11) is 0. The largest absolute Gasteiger partial charge is 0.311 e. The standard InChI is InChI=1S/C66H46N2/c1-4-16-47(17-5-1)48-28-30-49(31-29-48)50-32-39-56(40-33-50)67(57-41-34-51(35-42-57)55-38-45-59(52-18-6-2-7-19-52)63(46-55)53-20-8-3-9-21-53)58-43-36-54(37-44-58)60-22-10-13-25-64(60)68-65-26-14-11-23-61(65)62-24-12-15-27-66(62)68/h1-46H. The third kappa shape index (κ3) is 7.64. The minimum Gasteiger partial charge on any atom is -0.311 e. The highest BCUT2D eigenvalue weighted by atomic mass is 15.1. The molecule has 0 aliphatic rings. The fraction of sp³-hybridized carbons (Fsp3) is 0. The molecule has 2 nitrogen and oxygen atoms in total. The lowest BCUT2D eigenvalue weighted by Crippen LogP contribution is -2.09. The van der Waals surface area contributed by atoms with Gasteiger partial charge in [0.1, 0.15) is 0 Å². The Labute approximate surface area is 397 Å². The fourth-order valence-corrected chi connectivity index (χ4v) is 9.87. The molecule has 0 fully saturated rings. The van der Waals surface area contributed by atoms with Crippen molar-refractivity contribution in [1.29, 1.82) is 0 Å². The number of aromatic nitrogens is 1. The van der Waals surface area contributed by atoms with Crippen LogP contribution in [0.4, 0.5) is 17.1 Å². The SMILES string of the molecule is c1ccc(-c2ccc(-c3ccc(N(c4ccc(-c5ccc(-c6ccccc6)c(-c6ccccc6)c5)cc4)c4ccc(-c5ccccc5-n5c6ccccc6c6ccccc65)cc4)cc3)cc2)cc1. The summed E-state index contributed by atoms with van der Waals surface area (Å²) >= 11 is 0. The van der Waals surface area contributed by atoms with Crippen LogP contribution in [0.3, 0.4) is 0 Å². The third-order valence-electron chi connectivity index (χ3n) is 13.3. The Morgan fingerprint density at radius 3 is 1.07 bits per heavy atom. The first-order chi connectivity index (χ1) is 33.7. The Bertz CT molecular complexity index is 3610. The van der Waals surface area contributed by atoms with Gasteiger partial charge in [0.2, 0.25) is 0 Å². The minimum atomic E-state index is 1.08. The molecule has 1 heterocycles. The Balaban J connectivity index is 0.922. The molecule has 0 spiro atoms. The van der Waals surface area contributed by atoms with Gasteiger partial charge in [0.25, 0.3) is 0 Å². The highest BCUT2D eigenvalue weighted by molar-refractivity contribution is 6.09. The van der Waals surface area contributed by atoms with Crippen LogP contribution >= 0.6 is 0 Å². The van der Waals surface area contributed by atoms with Crippen LogP contribution < -0.4 is 4.90 Å². The summed E-state index contributed by atoms with van der Waals surface area (Å²) in [4.78, 5) is 2.36. The molecule has 0 aliphatic carbocycles. The van der Waals surface area contributed by atoms with Gasteiger partial charge in [-0.25, -0.2) is 0 Å². The summed E-state index contributed by atoms with van der Waals surface area (Å²) in [5.41, 5.74) is 21.1. The molecule has 0 amide bonds. The maximum absolute atomic E-state index is 2.41. The van der Waals surface area contributed by atoms with Crippen molar-refractivity contribution >= 4 is 38.9 Å². The molecule has 12 aromatic rings. The number of hydrogen-bond acceptors (Lipinski definition) is 1. The van der Waals surface area contributed by atoms with E-state index in [0.717, 1.165) is 33.9 Å². The van der Waals surface area contributed by atoms with E-state index in [9.17, 15) is 0 Å². The lowest BCUT2D eigenvalue weighted by atomic mass is 9.91. The van der Waals surface area contributed by atoms with Crippen LogP contribution in [0.5, 0.6) is 0 Å². The molecule has 11 aromatic carbocycles. The van der Waals surface area contributed by atoms with Gasteiger partial charge >= 0.3 is 0 Å². The Morgan fingerprint density at radius 1 is 0.221 bits per heavy atom. The lowest BCUT2D eigenvalue weighted by molar-refractivity contribution is 1.18. The van der Waals surface area contributed by atoms with Crippen LogP contribution in [0.25, 0.3) is 94.3 Å². The predicted octanol–water partition coefficient (Wildman–Crippen LogP) is 18.3. The molecule has 2 heteroatoms. The van der Waals surface area contributed by atoms with E-state index in [1.54, 1.807) is 0 Å². The number of hydrogen-bond donors (Lipinski definition) is 0. The van der Waals surface area contributed by atoms with E-state index in [1.807, 2.05) is 0 Å². The van der Waals surface area contributed by atoms with Crippen molar-refractivity contribution in [3.8, 4) is 72.4 Å². The van der Waals surface area contributed by atoms with Crippen molar-refractivity contribution in [2.75, 3.05) is 4.90 Å². The molecule has 0 bridgehead atoms. The van der Waals surface area contributed by atoms with E-state index in [0.29, 0.717) is 0 Å². The molecule has 0 saturated heterocycles. The molecule has 0 unspecified atom stereocenters. The zero-order chi connectivity index (χ0) is 45.2. The van der Waals surface area contributed by atoms with E-state index >= 15 is 0 Å². The monoisotopic (exact) mass is 866 g/mol. The fourth-order valence-electron chi connectivity index (χ4n) is 9.87. The zero-order valence-electron chi connectivity index (χ0n) is 37.5. The number of benzene rings is 11. The van der Waals surface area contributed by atoms with Crippen molar-refractivity contribution in [2.24, 2.45) is 0 Å². The van der Waals surface area contributed by atoms with Crippen LogP contribution in [0.1, 0.15) is 0 Å². The third-order valence-corrected chi connectivity index (χ3v) is 13.3. The molecular formula is C66H46N2. The van der Waals surface area contributed by atoms with Gasteiger partial charge in [0, 0.05) is 33.4 Å². The number of anilines is 3. The summed E-state index contributed by atoms with van der Waals surface area (Å²) < 4.78 is 2.41. The van der Waals surface area contributed by atoms with Crippen molar-refractivity contribution in [2.45, 2.75) is 0 Å². The van der Waals surface area contributed by atoms with Gasteiger partial charge in [-0.3, -0.25) is 0 Å². The Hall–Kier alpha value is -8.98. The second kappa shape index (κ2) is 17.8. The van der Waals surface area contributed by atoms with Crippen LogP contribution in [-0.2, 0) is 0 Å². The van der Waals surface area contributed by atoms with E-state index in [1.165, 1.54) is 77.4 Å². The molecule has 0 saturated carbocycles. The highest BCUT2D eigenvalue weighted by Gasteiger charge is 2.18. The first-order valence-electron chi connectivity index (χ1n) is 23.3. The average Bonchev–Trinajstić information content (AvgIpc) is 3.76. The quantitative estimate of drug-likeness (QED) is 0.133. The van der Waals surface area contributed by atoms with Gasteiger partial charge < -0.3 is 9.47 Å². The van der Waals surface area contributed by atoms with Crippen molar-refractivity contribution in [3.63, 3.8) is 0 Å². The summed E-state index contributed by atoms with van der Waals surface area (Å²) in [5.74, 6) is 0. The van der Waals surface area contributed by atoms with Crippen molar-refractivity contribution < 1.29 is 0 Å². The summed E-state index contributed by atoms with van der Waals surface area (Å²) in [6.07, 6.45) is 0. The van der Waals surface area contributed by atoms with Crippen LogP contribution in [0, 0.1) is 0 Å². The molecule has 12 rings (SSSR count). The van der Waals surface area contributed by atoms with Gasteiger partial charge in [-0.1, -0.05) is 218 Å². The molecule has 1 aromatic heterocycles. The van der Waals surface area contributed by atoms with Crippen LogP contribution in [0.2, 0.25) is 0 Å². The molecule has 68 heavy (non-hydrogen) atoms.